The number of alkyl halides is 1. The Hall–Kier alpha value is -1.04. The van der Waals surface area contributed by atoms with Crippen molar-refractivity contribution in [2.45, 2.75) is 26.1 Å². The molecule has 1 heterocycles. The Morgan fingerprint density at radius 2 is 2.06 bits per heavy atom. The summed E-state index contributed by atoms with van der Waals surface area (Å²) in [5.74, 6) is -1.64. The second-order valence-electron chi connectivity index (χ2n) is 3.68. The van der Waals surface area contributed by atoms with E-state index in [1.165, 1.54) is 7.11 Å². The highest BCUT2D eigenvalue weighted by Crippen LogP contribution is 2.29. The van der Waals surface area contributed by atoms with Crippen molar-refractivity contribution in [2.24, 2.45) is 0 Å². The van der Waals surface area contributed by atoms with Gasteiger partial charge in [0.15, 0.2) is 0 Å². The molecular weight excluding hydrogens is 280 g/mol. The van der Waals surface area contributed by atoms with Gasteiger partial charge in [0.1, 0.15) is 5.76 Å². The van der Waals surface area contributed by atoms with Gasteiger partial charge >= 0.3 is 11.9 Å². The summed E-state index contributed by atoms with van der Waals surface area (Å²) >= 11 is 3.20. The maximum Gasteiger partial charge on any atom is 0.341 e. The van der Waals surface area contributed by atoms with Crippen molar-refractivity contribution in [3.8, 4) is 0 Å². The molecule has 0 amide bonds. The largest absolute Gasteiger partial charge is 0.469 e. The minimum absolute atomic E-state index is 0.146. The fourth-order valence-electron chi connectivity index (χ4n) is 1.27. The molecule has 0 saturated heterocycles. The lowest BCUT2D eigenvalue weighted by atomic mass is 10.1. The van der Waals surface area contributed by atoms with Gasteiger partial charge in [0.05, 0.1) is 24.4 Å². The van der Waals surface area contributed by atoms with E-state index in [-0.39, 0.29) is 12.0 Å². The number of rotatable bonds is 3. The topological polar surface area (TPSA) is 61.8 Å². The normalized spacial score (nSPS) is 18.9. The Labute approximate surface area is 102 Å². The van der Waals surface area contributed by atoms with Crippen molar-refractivity contribution < 1.29 is 23.8 Å². The van der Waals surface area contributed by atoms with Crippen LogP contribution in [0.4, 0.5) is 0 Å². The molecule has 0 aliphatic carbocycles. The molecule has 0 radical (unpaired) electrons. The van der Waals surface area contributed by atoms with Crippen LogP contribution in [0, 0.1) is 0 Å². The summed E-state index contributed by atoms with van der Waals surface area (Å²) in [7, 11) is 1.26. The number of halogens is 1. The maximum atomic E-state index is 11.6. The van der Waals surface area contributed by atoms with E-state index in [2.05, 4.69) is 20.7 Å². The average Bonchev–Trinajstić information content (AvgIpc) is 2.20. The lowest BCUT2D eigenvalue weighted by molar-refractivity contribution is -0.207. The number of allylic oxidation sites excluding steroid dienone is 1. The van der Waals surface area contributed by atoms with Gasteiger partial charge in [-0.15, -0.1) is 0 Å². The minimum Gasteiger partial charge on any atom is -0.469 e. The molecule has 1 aliphatic rings. The van der Waals surface area contributed by atoms with E-state index in [4.69, 9.17) is 9.47 Å². The third-order valence-corrected chi connectivity index (χ3v) is 2.47. The van der Waals surface area contributed by atoms with E-state index in [0.717, 1.165) is 0 Å². The molecule has 1 rings (SSSR count). The molecule has 6 heteroatoms. The number of hydrogen-bond acceptors (Lipinski definition) is 5. The minimum atomic E-state index is -1.00. The number of carbonyl (C=O) groups is 2. The fourth-order valence-corrected chi connectivity index (χ4v) is 1.73. The van der Waals surface area contributed by atoms with Gasteiger partial charge in [-0.3, -0.25) is 4.79 Å². The van der Waals surface area contributed by atoms with E-state index in [9.17, 15) is 9.59 Å². The number of hydrogen-bond donors (Lipinski definition) is 0. The van der Waals surface area contributed by atoms with Gasteiger partial charge in [0.2, 0.25) is 5.79 Å². The lowest BCUT2D eigenvalue weighted by Crippen LogP contribution is -2.37. The molecule has 5 nitrogen and oxygen atoms in total. The SMILES string of the molecule is COC(=O)CC1=C(CBr)OC(C)(C)OC1=O. The Bertz CT molecular complexity index is 345. The standard InChI is InChI=1S/C10H13BrO5/c1-10(2)15-7(5-11)6(9(13)16-10)4-8(12)14-3/h4-5H2,1-3H3. The van der Waals surface area contributed by atoms with Crippen LogP contribution in [0.5, 0.6) is 0 Å². The third-order valence-electron chi connectivity index (χ3n) is 1.96. The van der Waals surface area contributed by atoms with Gasteiger partial charge in [0.25, 0.3) is 0 Å². The predicted molar refractivity (Wildman–Crippen MR) is 58.7 cm³/mol. The summed E-state index contributed by atoms with van der Waals surface area (Å²) in [6, 6.07) is 0. The van der Waals surface area contributed by atoms with E-state index in [0.29, 0.717) is 11.1 Å². The molecule has 0 saturated carbocycles. The first-order valence-corrected chi connectivity index (χ1v) is 5.79. The van der Waals surface area contributed by atoms with Crippen LogP contribution >= 0.6 is 15.9 Å². The molecule has 0 fully saturated rings. The highest BCUT2D eigenvalue weighted by atomic mass is 79.9. The highest BCUT2D eigenvalue weighted by Gasteiger charge is 2.36. The van der Waals surface area contributed by atoms with Crippen LogP contribution in [0.3, 0.4) is 0 Å². The molecule has 16 heavy (non-hydrogen) atoms. The first-order valence-electron chi connectivity index (χ1n) is 4.67. The van der Waals surface area contributed by atoms with Crippen molar-refractivity contribution >= 4 is 27.9 Å². The van der Waals surface area contributed by atoms with Crippen LogP contribution in [0.2, 0.25) is 0 Å². The fraction of sp³-hybridized carbons (Fsp3) is 0.600. The van der Waals surface area contributed by atoms with E-state index >= 15 is 0 Å². The summed E-state index contributed by atoms with van der Waals surface area (Å²) in [4.78, 5) is 22.8. The molecule has 0 bridgehead atoms. The predicted octanol–water partition coefficient (Wildman–Crippen LogP) is 1.51. The van der Waals surface area contributed by atoms with Crippen LogP contribution in [0.1, 0.15) is 20.3 Å². The molecule has 0 aromatic carbocycles. The molecule has 0 spiro atoms. The Morgan fingerprint density at radius 1 is 1.44 bits per heavy atom. The zero-order valence-electron chi connectivity index (χ0n) is 9.33. The zero-order chi connectivity index (χ0) is 12.3. The molecular formula is C10H13BrO5. The Kier molecular flexibility index (Phi) is 3.96. The van der Waals surface area contributed by atoms with Crippen molar-refractivity contribution in [1.82, 2.24) is 0 Å². The number of carbonyl (C=O) groups excluding carboxylic acids is 2. The highest BCUT2D eigenvalue weighted by molar-refractivity contribution is 9.09. The lowest BCUT2D eigenvalue weighted by Gasteiger charge is -2.32. The number of esters is 2. The maximum absolute atomic E-state index is 11.6. The van der Waals surface area contributed by atoms with Crippen LogP contribution in [0.15, 0.2) is 11.3 Å². The zero-order valence-corrected chi connectivity index (χ0v) is 10.9. The molecule has 1 aliphatic heterocycles. The van der Waals surface area contributed by atoms with Crippen molar-refractivity contribution in [2.75, 3.05) is 12.4 Å². The first-order chi connectivity index (χ1) is 7.39. The van der Waals surface area contributed by atoms with Gasteiger partial charge in [-0.2, -0.15) is 0 Å². The first kappa shape index (κ1) is 13.0. The quantitative estimate of drug-likeness (QED) is 0.583. The molecule has 0 aromatic rings. The Balaban J connectivity index is 2.97. The van der Waals surface area contributed by atoms with Gasteiger partial charge in [-0.25, -0.2) is 4.79 Å². The van der Waals surface area contributed by atoms with Crippen molar-refractivity contribution in [3.63, 3.8) is 0 Å². The van der Waals surface area contributed by atoms with Crippen LogP contribution in [-0.2, 0) is 23.8 Å². The summed E-state index contributed by atoms with van der Waals surface area (Å²) in [6.45, 7) is 3.25. The van der Waals surface area contributed by atoms with E-state index in [1.807, 2.05) is 0 Å². The second kappa shape index (κ2) is 4.86. The van der Waals surface area contributed by atoms with E-state index in [1.54, 1.807) is 13.8 Å². The van der Waals surface area contributed by atoms with E-state index < -0.39 is 17.7 Å². The van der Waals surface area contributed by atoms with Gasteiger partial charge < -0.3 is 14.2 Å². The van der Waals surface area contributed by atoms with Crippen LogP contribution in [-0.4, -0.2) is 30.2 Å². The van der Waals surface area contributed by atoms with Crippen LogP contribution in [0.25, 0.3) is 0 Å². The molecule has 0 atom stereocenters. The smallest absolute Gasteiger partial charge is 0.341 e. The number of methoxy groups -OCH3 is 1. The summed E-state index contributed by atoms with van der Waals surface area (Å²) in [6.07, 6.45) is -0.146. The van der Waals surface area contributed by atoms with Gasteiger partial charge in [-0.1, -0.05) is 15.9 Å². The van der Waals surface area contributed by atoms with Gasteiger partial charge in [-0.05, 0) is 0 Å². The molecule has 0 aromatic heterocycles. The Morgan fingerprint density at radius 3 is 2.56 bits per heavy atom. The van der Waals surface area contributed by atoms with Crippen molar-refractivity contribution in [1.29, 1.82) is 0 Å². The molecule has 0 unspecified atom stereocenters. The number of cyclic esters (lactones) is 1. The summed E-state index contributed by atoms with van der Waals surface area (Å²) in [5, 5.41) is 0.345. The second-order valence-corrected chi connectivity index (χ2v) is 4.24. The van der Waals surface area contributed by atoms with Crippen molar-refractivity contribution in [3.05, 3.63) is 11.3 Å². The summed E-state index contributed by atoms with van der Waals surface area (Å²) < 4.78 is 14.9. The summed E-state index contributed by atoms with van der Waals surface area (Å²) in [5.41, 5.74) is 0.197. The van der Waals surface area contributed by atoms with Crippen LogP contribution < -0.4 is 0 Å². The third kappa shape index (κ3) is 2.98. The number of ether oxygens (including phenoxy) is 3. The molecule has 0 N–H and O–H groups in total. The average molecular weight is 293 g/mol. The monoisotopic (exact) mass is 292 g/mol. The molecule has 90 valence electrons. The van der Waals surface area contributed by atoms with Gasteiger partial charge in [0, 0.05) is 13.8 Å².